The number of carbonyl (C=O) groups excluding carboxylic acids is 1. The minimum Gasteiger partial charge on any atom is -0.324 e. The summed E-state index contributed by atoms with van der Waals surface area (Å²) in [6.45, 7) is 1.40. The Morgan fingerprint density at radius 2 is 2.07 bits per heavy atom. The Hall–Kier alpha value is -3.29. The molecule has 1 fully saturated rings. The fourth-order valence-electron chi connectivity index (χ4n) is 3.71. The maximum Gasteiger partial charge on any atom is 0.321 e. The van der Waals surface area contributed by atoms with Crippen LogP contribution in [0.5, 0.6) is 0 Å². The van der Waals surface area contributed by atoms with Crippen LogP contribution in [0.1, 0.15) is 29.9 Å². The molecule has 1 saturated heterocycles. The van der Waals surface area contributed by atoms with Crippen molar-refractivity contribution in [1.29, 1.82) is 0 Å². The van der Waals surface area contributed by atoms with Crippen LogP contribution in [-0.4, -0.2) is 38.8 Å². The van der Waals surface area contributed by atoms with Crippen molar-refractivity contribution in [2.75, 3.05) is 18.4 Å². The van der Waals surface area contributed by atoms with Crippen LogP contribution in [0.15, 0.2) is 55.1 Å². The molecule has 3 aromatic rings. The van der Waals surface area contributed by atoms with Crippen molar-refractivity contribution >= 4 is 11.7 Å². The van der Waals surface area contributed by atoms with Gasteiger partial charge in [0.1, 0.15) is 24.3 Å². The lowest BCUT2D eigenvalue weighted by Gasteiger charge is -2.33. The Labute approximate surface area is 167 Å². The van der Waals surface area contributed by atoms with Gasteiger partial charge in [0.15, 0.2) is 0 Å². The maximum absolute atomic E-state index is 14.2. The highest BCUT2D eigenvalue weighted by Crippen LogP contribution is 2.30. The number of amides is 2. The molecule has 0 radical (unpaired) electrons. The summed E-state index contributed by atoms with van der Waals surface area (Å²) < 4.78 is 29.4. The number of piperidine rings is 1. The first-order valence-electron chi connectivity index (χ1n) is 9.51. The lowest BCUT2D eigenvalue weighted by Crippen LogP contribution is -2.42. The van der Waals surface area contributed by atoms with Crippen LogP contribution in [0.3, 0.4) is 0 Å². The zero-order chi connectivity index (χ0) is 20.2. The number of aromatic nitrogens is 3. The molecule has 1 aromatic heterocycles. The summed E-state index contributed by atoms with van der Waals surface area (Å²) in [6, 6.07) is 10.7. The minimum absolute atomic E-state index is 0.226. The van der Waals surface area contributed by atoms with Gasteiger partial charge in [0.05, 0.1) is 6.54 Å². The number of likely N-dealkylation sites (tertiary alicyclic amines) is 1. The Morgan fingerprint density at radius 3 is 2.90 bits per heavy atom. The number of para-hydroxylation sites is 1. The van der Waals surface area contributed by atoms with E-state index in [0.717, 1.165) is 24.1 Å². The second-order valence-electron chi connectivity index (χ2n) is 7.13. The molecule has 0 aliphatic carbocycles. The molecule has 2 aromatic carbocycles. The van der Waals surface area contributed by atoms with Crippen molar-refractivity contribution in [1.82, 2.24) is 19.7 Å². The van der Waals surface area contributed by atoms with Gasteiger partial charge in [-0.15, -0.1) is 0 Å². The summed E-state index contributed by atoms with van der Waals surface area (Å²) in [5.41, 5.74) is 1.91. The second kappa shape index (κ2) is 8.38. The van der Waals surface area contributed by atoms with E-state index in [0.29, 0.717) is 37.3 Å². The molecule has 0 saturated carbocycles. The van der Waals surface area contributed by atoms with Gasteiger partial charge in [-0.25, -0.2) is 23.2 Å². The summed E-state index contributed by atoms with van der Waals surface area (Å²) in [6.07, 6.45) is 4.52. The highest BCUT2D eigenvalue weighted by Gasteiger charge is 2.27. The molecular weight excluding hydrogens is 376 g/mol. The van der Waals surface area contributed by atoms with Crippen molar-refractivity contribution in [2.45, 2.75) is 25.3 Å². The van der Waals surface area contributed by atoms with Crippen LogP contribution in [0.4, 0.5) is 19.3 Å². The van der Waals surface area contributed by atoms with E-state index in [1.807, 2.05) is 24.3 Å². The van der Waals surface area contributed by atoms with Gasteiger partial charge in [0.25, 0.3) is 0 Å². The molecule has 4 rings (SSSR count). The number of benzene rings is 2. The van der Waals surface area contributed by atoms with Crippen molar-refractivity contribution < 1.29 is 13.6 Å². The van der Waals surface area contributed by atoms with E-state index in [1.165, 1.54) is 12.4 Å². The van der Waals surface area contributed by atoms with E-state index in [-0.39, 0.29) is 11.9 Å². The number of nitrogens with zero attached hydrogens (tertiary/aromatic N) is 4. The Balaban J connectivity index is 1.47. The standard InChI is InChI=1S/C21H21F2N5O/c22-17-7-8-19(23)18(10-17)15-5-3-9-27(11-15)21(29)26-20-6-2-1-4-16(20)12-28-14-24-13-25-28/h1-2,4,6-8,10,13-15H,3,5,9,11-12H2,(H,26,29)/t15-/m0/s1. The highest BCUT2D eigenvalue weighted by atomic mass is 19.1. The number of halogens is 2. The predicted molar refractivity (Wildman–Crippen MR) is 104 cm³/mol. The summed E-state index contributed by atoms with van der Waals surface area (Å²) in [5.74, 6) is -1.13. The molecular formula is C21H21F2N5O. The molecule has 1 aliphatic heterocycles. The summed E-state index contributed by atoms with van der Waals surface area (Å²) in [4.78, 5) is 18.5. The maximum atomic E-state index is 14.2. The highest BCUT2D eigenvalue weighted by molar-refractivity contribution is 5.90. The van der Waals surface area contributed by atoms with Crippen LogP contribution >= 0.6 is 0 Å². The largest absolute Gasteiger partial charge is 0.324 e. The van der Waals surface area contributed by atoms with Crippen LogP contribution in [-0.2, 0) is 6.54 Å². The first kappa shape index (κ1) is 19.0. The molecule has 29 heavy (non-hydrogen) atoms. The van der Waals surface area contributed by atoms with E-state index in [9.17, 15) is 13.6 Å². The lowest BCUT2D eigenvalue weighted by molar-refractivity contribution is 0.192. The van der Waals surface area contributed by atoms with Crippen LogP contribution < -0.4 is 5.32 Å². The molecule has 1 N–H and O–H groups in total. The normalized spacial score (nSPS) is 16.6. The molecule has 8 heteroatoms. The molecule has 0 bridgehead atoms. The zero-order valence-corrected chi connectivity index (χ0v) is 15.8. The third-order valence-electron chi connectivity index (χ3n) is 5.16. The van der Waals surface area contributed by atoms with E-state index >= 15 is 0 Å². The number of nitrogens with one attached hydrogen (secondary N) is 1. The number of carbonyl (C=O) groups is 1. The molecule has 2 amide bonds. The Morgan fingerprint density at radius 1 is 1.21 bits per heavy atom. The first-order chi connectivity index (χ1) is 14.1. The fraction of sp³-hybridized carbons (Fsp3) is 0.286. The molecule has 150 valence electrons. The number of hydrogen-bond donors (Lipinski definition) is 1. The average Bonchev–Trinajstić information content (AvgIpc) is 3.24. The summed E-state index contributed by atoms with van der Waals surface area (Å²) in [7, 11) is 0. The van der Waals surface area contributed by atoms with E-state index in [2.05, 4.69) is 15.4 Å². The van der Waals surface area contributed by atoms with Crippen LogP contribution in [0.2, 0.25) is 0 Å². The fourth-order valence-corrected chi connectivity index (χ4v) is 3.71. The molecule has 6 nitrogen and oxygen atoms in total. The average molecular weight is 397 g/mol. The lowest BCUT2D eigenvalue weighted by atomic mass is 9.90. The van der Waals surface area contributed by atoms with Gasteiger partial charge in [0, 0.05) is 24.7 Å². The topological polar surface area (TPSA) is 63.1 Å². The number of urea groups is 1. The molecule has 0 spiro atoms. The molecule has 2 heterocycles. The SMILES string of the molecule is O=C(Nc1ccccc1Cn1cncn1)N1CCC[C@H](c2cc(F)ccc2F)C1. The van der Waals surface area contributed by atoms with Crippen molar-refractivity contribution in [3.63, 3.8) is 0 Å². The van der Waals surface area contributed by atoms with E-state index < -0.39 is 11.6 Å². The van der Waals surface area contributed by atoms with Gasteiger partial charge >= 0.3 is 6.03 Å². The molecule has 0 unspecified atom stereocenters. The predicted octanol–water partition coefficient (Wildman–Crippen LogP) is 4.02. The molecule has 1 atom stereocenters. The monoisotopic (exact) mass is 397 g/mol. The van der Waals surface area contributed by atoms with E-state index in [4.69, 9.17) is 0 Å². The van der Waals surface area contributed by atoms with Gasteiger partial charge in [0.2, 0.25) is 0 Å². The van der Waals surface area contributed by atoms with Gasteiger partial charge in [-0.3, -0.25) is 0 Å². The first-order valence-corrected chi connectivity index (χ1v) is 9.51. The van der Waals surface area contributed by atoms with Crippen LogP contribution in [0.25, 0.3) is 0 Å². The Bertz CT molecular complexity index is 992. The second-order valence-corrected chi connectivity index (χ2v) is 7.13. The Kier molecular flexibility index (Phi) is 5.50. The third kappa shape index (κ3) is 4.42. The van der Waals surface area contributed by atoms with Crippen molar-refractivity contribution in [3.05, 3.63) is 77.9 Å². The van der Waals surface area contributed by atoms with Crippen molar-refractivity contribution in [2.24, 2.45) is 0 Å². The smallest absolute Gasteiger partial charge is 0.321 e. The quantitative estimate of drug-likeness (QED) is 0.723. The zero-order valence-electron chi connectivity index (χ0n) is 15.8. The number of hydrogen-bond acceptors (Lipinski definition) is 3. The van der Waals surface area contributed by atoms with Gasteiger partial charge in [-0.1, -0.05) is 18.2 Å². The van der Waals surface area contributed by atoms with Gasteiger partial charge < -0.3 is 10.2 Å². The van der Waals surface area contributed by atoms with Crippen LogP contribution in [0, 0.1) is 11.6 Å². The van der Waals surface area contributed by atoms with Gasteiger partial charge in [-0.05, 0) is 48.2 Å². The minimum atomic E-state index is -0.468. The number of rotatable bonds is 4. The summed E-state index contributed by atoms with van der Waals surface area (Å²) in [5, 5.41) is 7.05. The third-order valence-corrected chi connectivity index (χ3v) is 5.16. The van der Waals surface area contributed by atoms with Crippen molar-refractivity contribution in [3.8, 4) is 0 Å². The number of anilines is 1. The van der Waals surface area contributed by atoms with Gasteiger partial charge in [-0.2, -0.15) is 5.10 Å². The molecule has 1 aliphatic rings. The summed E-state index contributed by atoms with van der Waals surface area (Å²) >= 11 is 0. The van der Waals surface area contributed by atoms with E-state index in [1.54, 1.807) is 15.9 Å².